The Morgan fingerprint density at radius 1 is 1.13 bits per heavy atom. The molecule has 4 nitrogen and oxygen atoms in total. The van der Waals surface area contributed by atoms with Crippen molar-refractivity contribution < 1.29 is 13.9 Å². The molecule has 0 amide bonds. The Morgan fingerprint density at radius 3 is 2.55 bits per heavy atom. The van der Waals surface area contributed by atoms with Gasteiger partial charge < -0.3 is 14.9 Å². The molecule has 0 spiro atoms. The van der Waals surface area contributed by atoms with Crippen LogP contribution in [0.4, 0.5) is 14.5 Å². The molecule has 0 atom stereocenters. The van der Waals surface area contributed by atoms with Crippen LogP contribution in [0.2, 0.25) is 5.02 Å². The van der Waals surface area contributed by atoms with Crippen LogP contribution in [0.15, 0.2) is 36.5 Å². The molecule has 3 aromatic rings. The number of benzene rings is 2. The van der Waals surface area contributed by atoms with E-state index < -0.39 is 17.4 Å². The second-order valence-electron chi connectivity index (χ2n) is 8.49. The molecule has 1 aliphatic rings. The first kappa shape index (κ1) is 21.8. The molecule has 0 saturated carbocycles. The van der Waals surface area contributed by atoms with E-state index in [0.29, 0.717) is 11.4 Å². The van der Waals surface area contributed by atoms with Crippen molar-refractivity contribution in [3.63, 3.8) is 0 Å². The summed E-state index contributed by atoms with van der Waals surface area (Å²) in [5.74, 6) is -1.32. The third kappa shape index (κ3) is 4.60. The maximum atomic E-state index is 14.9. The number of pyridine rings is 1. The molecule has 0 aliphatic carbocycles. The van der Waals surface area contributed by atoms with Crippen molar-refractivity contribution in [1.29, 1.82) is 0 Å². The predicted molar refractivity (Wildman–Crippen MR) is 122 cm³/mol. The lowest BCUT2D eigenvalue weighted by Gasteiger charge is -2.34. The van der Waals surface area contributed by atoms with Gasteiger partial charge >= 0.3 is 0 Å². The van der Waals surface area contributed by atoms with Gasteiger partial charge in [0.25, 0.3) is 0 Å². The number of nitrogens with zero attached hydrogens (tertiary/aromatic N) is 3. The second kappa shape index (κ2) is 8.97. The molecule has 4 rings (SSSR count). The number of rotatable bonds is 5. The van der Waals surface area contributed by atoms with Crippen LogP contribution < -0.4 is 4.90 Å². The average molecular weight is 446 g/mol. The Hall–Kier alpha value is -2.44. The van der Waals surface area contributed by atoms with E-state index in [-0.39, 0.29) is 16.1 Å². The fourth-order valence-electron chi connectivity index (χ4n) is 4.27. The average Bonchev–Trinajstić information content (AvgIpc) is 2.75. The molecule has 1 aliphatic heterocycles. The summed E-state index contributed by atoms with van der Waals surface area (Å²) in [6.45, 7) is 2.96. The van der Waals surface area contributed by atoms with Crippen molar-refractivity contribution in [2.45, 2.75) is 19.3 Å². The van der Waals surface area contributed by atoms with E-state index in [2.05, 4.69) is 28.9 Å². The van der Waals surface area contributed by atoms with Crippen molar-refractivity contribution in [3.05, 3.63) is 53.2 Å². The van der Waals surface area contributed by atoms with Crippen LogP contribution >= 0.6 is 11.6 Å². The van der Waals surface area contributed by atoms with Crippen molar-refractivity contribution >= 4 is 28.2 Å². The van der Waals surface area contributed by atoms with E-state index in [9.17, 15) is 13.9 Å². The van der Waals surface area contributed by atoms with Crippen LogP contribution in [0.1, 0.15) is 19.3 Å². The zero-order chi connectivity index (χ0) is 22.1. The molecule has 0 bridgehead atoms. The third-order valence-electron chi connectivity index (χ3n) is 6.08. The summed E-state index contributed by atoms with van der Waals surface area (Å²) in [6.07, 6.45) is 5.13. The van der Waals surface area contributed by atoms with E-state index in [1.54, 1.807) is 12.3 Å². The van der Waals surface area contributed by atoms with Gasteiger partial charge in [0.1, 0.15) is 5.82 Å². The molecule has 2 aromatic carbocycles. The number of hydrogen-bond donors (Lipinski definition) is 1. The van der Waals surface area contributed by atoms with Gasteiger partial charge in [0.15, 0.2) is 11.6 Å². The van der Waals surface area contributed by atoms with E-state index in [0.717, 1.165) is 49.6 Å². The van der Waals surface area contributed by atoms with Gasteiger partial charge in [0.05, 0.1) is 10.5 Å². The lowest BCUT2D eigenvalue weighted by molar-refractivity contribution is 0.313. The molecule has 0 radical (unpaired) electrons. The molecular formula is C24H26ClF2N3O. The summed E-state index contributed by atoms with van der Waals surface area (Å²) in [4.78, 5) is 8.87. The summed E-state index contributed by atoms with van der Waals surface area (Å²) in [5, 5.41) is 10.3. The summed E-state index contributed by atoms with van der Waals surface area (Å²) >= 11 is 5.92. The quantitative estimate of drug-likeness (QED) is 0.546. The highest BCUT2D eigenvalue weighted by Crippen LogP contribution is 2.37. The first-order valence-corrected chi connectivity index (χ1v) is 10.9. The molecule has 1 fully saturated rings. The molecule has 0 unspecified atom stereocenters. The van der Waals surface area contributed by atoms with Crippen LogP contribution in [-0.4, -0.2) is 48.7 Å². The molecule has 1 saturated heterocycles. The first-order chi connectivity index (χ1) is 14.8. The Labute approximate surface area is 186 Å². The summed E-state index contributed by atoms with van der Waals surface area (Å²) in [6, 6.07) is 7.49. The molecule has 7 heteroatoms. The minimum atomic E-state index is -0.881. The lowest BCUT2D eigenvalue weighted by Crippen LogP contribution is -2.34. The number of phenols is 1. The van der Waals surface area contributed by atoms with Crippen molar-refractivity contribution in [2.24, 2.45) is 5.92 Å². The van der Waals surface area contributed by atoms with Crippen molar-refractivity contribution in [1.82, 2.24) is 9.88 Å². The van der Waals surface area contributed by atoms with E-state index in [1.165, 1.54) is 18.6 Å². The molecule has 31 heavy (non-hydrogen) atoms. The highest BCUT2D eigenvalue weighted by molar-refractivity contribution is 6.32. The van der Waals surface area contributed by atoms with Gasteiger partial charge in [-0.15, -0.1) is 0 Å². The smallest absolute Gasteiger partial charge is 0.170 e. The number of hydrogen-bond acceptors (Lipinski definition) is 4. The summed E-state index contributed by atoms with van der Waals surface area (Å²) in [7, 11) is 4.20. The van der Waals surface area contributed by atoms with E-state index in [4.69, 9.17) is 11.6 Å². The number of fused-ring (bicyclic) bond motifs is 1. The van der Waals surface area contributed by atoms with Crippen LogP contribution in [0, 0.1) is 17.6 Å². The molecule has 1 aromatic heterocycles. The number of aromatic hydroxyl groups is 1. The highest BCUT2D eigenvalue weighted by atomic mass is 35.5. The molecule has 2 heterocycles. The lowest BCUT2D eigenvalue weighted by atomic mass is 9.92. The number of phenolic OH excluding ortho intramolecular Hbond substituents is 1. The zero-order valence-electron chi connectivity index (χ0n) is 17.7. The van der Waals surface area contributed by atoms with Gasteiger partial charge in [-0.25, -0.2) is 8.78 Å². The van der Waals surface area contributed by atoms with Crippen LogP contribution in [0.3, 0.4) is 0 Å². The van der Waals surface area contributed by atoms with Gasteiger partial charge in [-0.05, 0) is 75.6 Å². The van der Waals surface area contributed by atoms with E-state index in [1.807, 2.05) is 6.07 Å². The largest absolute Gasteiger partial charge is 0.504 e. The third-order valence-corrected chi connectivity index (χ3v) is 6.36. The SMILES string of the molecule is CN(C)CCC1CCN(c2ccnc3cc(F)c(-c4cc(F)c(O)c(Cl)c4)cc23)CC1. The highest BCUT2D eigenvalue weighted by Gasteiger charge is 2.22. The fraction of sp³-hybridized carbons (Fsp3) is 0.375. The molecule has 164 valence electrons. The Bertz CT molecular complexity index is 1070. The van der Waals surface area contributed by atoms with Gasteiger partial charge in [-0.3, -0.25) is 4.98 Å². The molecule has 1 N–H and O–H groups in total. The Kier molecular flexibility index (Phi) is 6.30. The summed E-state index contributed by atoms with van der Waals surface area (Å²) in [5.41, 5.74) is 2.06. The minimum Gasteiger partial charge on any atom is -0.504 e. The van der Waals surface area contributed by atoms with E-state index >= 15 is 0 Å². The maximum absolute atomic E-state index is 14.9. The predicted octanol–water partition coefficient (Wildman–Crippen LogP) is 5.71. The van der Waals surface area contributed by atoms with Crippen LogP contribution in [0.25, 0.3) is 22.0 Å². The maximum Gasteiger partial charge on any atom is 0.170 e. The first-order valence-electron chi connectivity index (χ1n) is 10.5. The number of piperidine rings is 1. The standard InChI is InChI=1S/C24H26ClF2N3O/c1-29(2)8-4-15-5-9-30(10-6-15)23-3-7-28-22-14-20(26)17(13-18(22)23)16-11-19(25)24(31)21(27)12-16/h3,7,11-15,31H,4-6,8-10H2,1-2H3. The van der Waals surface area contributed by atoms with Gasteiger partial charge in [-0.1, -0.05) is 11.6 Å². The minimum absolute atomic E-state index is 0.152. The number of anilines is 1. The van der Waals surface area contributed by atoms with Crippen molar-refractivity contribution in [3.8, 4) is 16.9 Å². The van der Waals surface area contributed by atoms with Crippen LogP contribution in [-0.2, 0) is 0 Å². The monoisotopic (exact) mass is 445 g/mol. The second-order valence-corrected chi connectivity index (χ2v) is 8.90. The van der Waals surface area contributed by atoms with Crippen LogP contribution in [0.5, 0.6) is 5.75 Å². The normalized spacial score (nSPS) is 15.2. The number of aromatic nitrogens is 1. The Balaban J connectivity index is 1.66. The number of halogens is 3. The summed E-state index contributed by atoms with van der Waals surface area (Å²) < 4.78 is 28.9. The van der Waals surface area contributed by atoms with Crippen molar-refractivity contribution in [2.75, 3.05) is 38.6 Å². The Morgan fingerprint density at radius 2 is 1.87 bits per heavy atom. The zero-order valence-corrected chi connectivity index (χ0v) is 18.5. The van der Waals surface area contributed by atoms with Gasteiger partial charge in [0, 0.05) is 42.0 Å². The fourth-order valence-corrected chi connectivity index (χ4v) is 4.48. The van der Waals surface area contributed by atoms with Gasteiger partial charge in [-0.2, -0.15) is 0 Å². The topological polar surface area (TPSA) is 39.6 Å². The van der Waals surface area contributed by atoms with Gasteiger partial charge in [0.2, 0.25) is 0 Å². The molecular weight excluding hydrogens is 420 g/mol.